The third kappa shape index (κ3) is 4.75. The summed E-state index contributed by atoms with van der Waals surface area (Å²) in [5, 5.41) is 33.2. The lowest BCUT2D eigenvalue weighted by molar-refractivity contribution is 0.0935. The molecule has 1 amide bonds. The summed E-state index contributed by atoms with van der Waals surface area (Å²) in [4.78, 5) is 25.0. The standard InChI is InChI=1S/C44H26N6O2/c45-21-27-18-31(25-47-23-27)34-12-5-14-36-37-15-6-13-35(32-19-28(22-46)24-48-26-32)42(37)50(41(34)36)39-17-7-16-38-40(39)44(52)49(43(38)51)33-11-4-10-30(20-33)29-8-2-1-3-9-29/h1-20,23-26,43,51H. The molecule has 0 spiro atoms. The van der Waals surface area contributed by atoms with E-state index in [1.54, 1.807) is 30.6 Å². The first kappa shape index (κ1) is 30.7. The molecule has 0 saturated heterocycles. The van der Waals surface area contributed by atoms with E-state index in [4.69, 9.17) is 0 Å². The molecular formula is C44H26N6O2. The van der Waals surface area contributed by atoms with Gasteiger partial charge in [-0.15, -0.1) is 0 Å². The van der Waals surface area contributed by atoms with Crippen molar-refractivity contribution >= 4 is 33.4 Å². The Morgan fingerprint density at radius 2 is 1.17 bits per heavy atom. The SMILES string of the molecule is N#Cc1cncc(-c2cccc3c4cccc(-c5cncc(C#N)c5)c4n(-c4cccc5c4C(=O)N(c4cccc(-c6ccccc6)c4)C5O)c23)c1. The van der Waals surface area contributed by atoms with E-state index in [1.165, 1.54) is 17.3 Å². The van der Waals surface area contributed by atoms with Gasteiger partial charge in [-0.05, 0) is 41.5 Å². The largest absolute Gasteiger partial charge is 0.369 e. The van der Waals surface area contributed by atoms with Crippen molar-refractivity contribution in [2.75, 3.05) is 4.90 Å². The van der Waals surface area contributed by atoms with Crippen molar-refractivity contribution in [2.24, 2.45) is 0 Å². The summed E-state index contributed by atoms with van der Waals surface area (Å²) >= 11 is 0. The number of hydrogen-bond acceptors (Lipinski definition) is 6. The van der Waals surface area contributed by atoms with Crippen molar-refractivity contribution in [1.29, 1.82) is 10.5 Å². The summed E-state index contributed by atoms with van der Waals surface area (Å²) in [5.74, 6) is -0.338. The van der Waals surface area contributed by atoms with Gasteiger partial charge in [0.25, 0.3) is 5.91 Å². The number of anilines is 1. The quantitative estimate of drug-likeness (QED) is 0.195. The number of aromatic nitrogens is 3. The summed E-state index contributed by atoms with van der Waals surface area (Å²) in [6.07, 6.45) is 5.28. The van der Waals surface area contributed by atoms with Crippen LogP contribution in [0.1, 0.15) is 33.3 Å². The Balaban J connectivity index is 1.34. The van der Waals surface area contributed by atoms with Gasteiger partial charge in [0.1, 0.15) is 12.1 Å². The topological polar surface area (TPSA) is 119 Å². The van der Waals surface area contributed by atoms with Crippen molar-refractivity contribution in [1.82, 2.24) is 14.5 Å². The molecule has 52 heavy (non-hydrogen) atoms. The summed E-state index contributed by atoms with van der Waals surface area (Å²) in [6.45, 7) is 0. The molecule has 0 bridgehead atoms. The summed E-state index contributed by atoms with van der Waals surface area (Å²) in [7, 11) is 0. The van der Waals surface area contributed by atoms with Crippen LogP contribution >= 0.6 is 0 Å². The van der Waals surface area contributed by atoms with E-state index in [-0.39, 0.29) is 5.91 Å². The summed E-state index contributed by atoms with van der Waals surface area (Å²) in [6, 6.07) is 43.0. The maximum absolute atomic E-state index is 14.8. The zero-order valence-corrected chi connectivity index (χ0v) is 27.5. The highest BCUT2D eigenvalue weighted by molar-refractivity contribution is 6.19. The normalized spacial score (nSPS) is 13.6. The first-order valence-corrected chi connectivity index (χ1v) is 16.6. The number of nitrogens with zero attached hydrogens (tertiary/aromatic N) is 6. The monoisotopic (exact) mass is 670 g/mol. The Bertz CT molecular complexity index is 2710. The highest BCUT2D eigenvalue weighted by Crippen LogP contribution is 2.45. The van der Waals surface area contributed by atoms with Gasteiger partial charge in [0.05, 0.1) is 33.4 Å². The van der Waals surface area contributed by atoms with Crippen LogP contribution in [0.15, 0.2) is 146 Å². The third-order valence-corrected chi connectivity index (χ3v) is 9.67. The Morgan fingerprint density at radius 3 is 1.79 bits per heavy atom. The fourth-order valence-corrected chi connectivity index (χ4v) is 7.41. The number of fused-ring (bicyclic) bond motifs is 4. The molecule has 0 fully saturated rings. The molecule has 4 heterocycles. The van der Waals surface area contributed by atoms with Gasteiger partial charge in [-0.1, -0.05) is 91.0 Å². The van der Waals surface area contributed by atoms with Gasteiger partial charge >= 0.3 is 0 Å². The van der Waals surface area contributed by atoms with Crippen molar-refractivity contribution < 1.29 is 9.90 Å². The van der Waals surface area contributed by atoms with Crippen LogP contribution in [0.5, 0.6) is 0 Å². The van der Waals surface area contributed by atoms with Gasteiger partial charge in [0.15, 0.2) is 6.23 Å². The van der Waals surface area contributed by atoms with Gasteiger partial charge in [0.2, 0.25) is 0 Å². The smallest absolute Gasteiger partial charge is 0.263 e. The van der Waals surface area contributed by atoms with Crippen LogP contribution in [-0.4, -0.2) is 25.5 Å². The van der Waals surface area contributed by atoms with Crippen LogP contribution in [0.2, 0.25) is 0 Å². The molecule has 1 aliphatic rings. The summed E-state index contributed by atoms with van der Waals surface area (Å²) < 4.78 is 2.07. The molecule has 3 aromatic heterocycles. The highest BCUT2D eigenvalue weighted by atomic mass is 16.3. The summed E-state index contributed by atoms with van der Waals surface area (Å²) in [5.41, 5.74) is 9.46. The Labute approximate surface area is 298 Å². The van der Waals surface area contributed by atoms with Crippen molar-refractivity contribution in [3.63, 3.8) is 0 Å². The minimum atomic E-state index is -1.23. The van der Waals surface area contributed by atoms with Crippen LogP contribution in [0.3, 0.4) is 0 Å². The van der Waals surface area contributed by atoms with E-state index in [1.807, 2.05) is 103 Å². The number of nitriles is 2. The molecule has 1 unspecified atom stereocenters. The van der Waals surface area contributed by atoms with Gasteiger partial charge in [0, 0.05) is 69.1 Å². The van der Waals surface area contributed by atoms with Gasteiger partial charge in [-0.25, -0.2) is 0 Å². The number of aliphatic hydroxyl groups is 1. The molecule has 0 radical (unpaired) electrons. The first-order valence-electron chi connectivity index (χ1n) is 16.6. The predicted octanol–water partition coefficient (Wildman–Crippen LogP) is 8.97. The van der Waals surface area contributed by atoms with Crippen LogP contribution in [0.25, 0.3) is 60.9 Å². The van der Waals surface area contributed by atoms with E-state index in [9.17, 15) is 20.4 Å². The van der Waals surface area contributed by atoms with Gasteiger partial charge < -0.3 is 9.67 Å². The van der Waals surface area contributed by atoms with Crippen LogP contribution in [0.4, 0.5) is 5.69 Å². The second-order valence-corrected chi connectivity index (χ2v) is 12.6. The number of amides is 1. The first-order chi connectivity index (χ1) is 25.6. The molecule has 244 valence electrons. The van der Waals surface area contributed by atoms with Crippen LogP contribution < -0.4 is 4.90 Å². The van der Waals surface area contributed by atoms with Crippen molar-refractivity contribution in [3.05, 3.63) is 168 Å². The van der Waals surface area contributed by atoms with Gasteiger partial charge in [-0.3, -0.25) is 19.7 Å². The molecule has 1 atom stereocenters. The number of carbonyl (C=O) groups excluding carboxylic acids is 1. The number of para-hydroxylation sites is 2. The lowest BCUT2D eigenvalue weighted by Crippen LogP contribution is -2.27. The number of rotatable bonds is 5. The molecule has 9 rings (SSSR count). The predicted molar refractivity (Wildman–Crippen MR) is 200 cm³/mol. The third-order valence-electron chi connectivity index (χ3n) is 9.67. The fourth-order valence-electron chi connectivity index (χ4n) is 7.41. The minimum Gasteiger partial charge on any atom is -0.369 e. The van der Waals surface area contributed by atoms with Crippen LogP contribution in [0, 0.1) is 22.7 Å². The molecule has 1 aliphatic heterocycles. The molecule has 8 aromatic rings. The second kappa shape index (κ2) is 12.2. The molecule has 8 heteroatoms. The Kier molecular flexibility index (Phi) is 7.18. The van der Waals surface area contributed by atoms with Crippen molar-refractivity contribution in [2.45, 2.75) is 6.23 Å². The average Bonchev–Trinajstić information content (AvgIpc) is 3.69. The zero-order valence-electron chi connectivity index (χ0n) is 27.5. The Morgan fingerprint density at radius 1 is 0.596 bits per heavy atom. The lowest BCUT2D eigenvalue weighted by Gasteiger charge is -2.21. The number of carbonyl (C=O) groups is 1. The van der Waals surface area contributed by atoms with E-state index < -0.39 is 6.23 Å². The van der Waals surface area contributed by atoms with E-state index >= 15 is 0 Å². The van der Waals surface area contributed by atoms with E-state index in [2.05, 4.69) is 26.7 Å². The van der Waals surface area contributed by atoms with E-state index in [0.29, 0.717) is 33.6 Å². The number of hydrogen-bond donors (Lipinski definition) is 1. The molecule has 0 aliphatic carbocycles. The Hall–Kier alpha value is -7.39. The van der Waals surface area contributed by atoms with E-state index in [0.717, 1.165) is 55.2 Å². The van der Waals surface area contributed by atoms with Gasteiger partial charge in [-0.2, -0.15) is 10.5 Å². The number of aliphatic hydroxyl groups excluding tert-OH is 1. The second-order valence-electron chi connectivity index (χ2n) is 12.6. The molecular weight excluding hydrogens is 645 g/mol. The average molecular weight is 671 g/mol. The van der Waals surface area contributed by atoms with Crippen molar-refractivity contribution in [3.8, 4) is 51.2 Å². The molecule has 0 saturated carbocycles. The fraction of sp³-hybridized carbons (Fsp3) is 0.0227. The van der Waals surface area contributed by atoms with Crippen LogP contribution in [-0.2, 0) is 0 Å². The number of benzene rings is 5. The lowest BCUT2D eigenvalue weighted by atomic mass is 10.0. The molecule has 1 N–H and O–H groups in total. The molecule has 5 aromatic carbocycles. The maximum Gasteiger partial charge on any atom is 0.263 e. The minimum absolute atomic E-state index is 0.338. The zero-order chi connectivity index (χ0) is 35.3. The molecule has 8 nitrogen and oxygen atoms in total. The highest BCUT2D eigenvalue weighted by Gasteiger charge is 2.39. The number of pyridine rings is 2. The maximum atomic E-state index is 14.8.